The number of benzene rings is 1. The molecule has 1 aliphatic rings. The number of hydrogen-bond donors (Lipinski definition) is 1. The molecule has 0 saturated heterocycles. The number of hydrogen-bond acceptors (Lipinski definition) is 3. The van der Waals surface area contributed by atoms with E-state index < -0.39 is 0 Å². The van der Waals surface area contributed by atoms with Gasteiger partial charge < -0.3 is 4.74 Å². The second-order valence-electron chi connectivity index (χ2n) is 3.88. The molecule has 0 unspecified atom stereocenters. The number of nitrogens with zero attached hydrogens (tertiary/aromatic N) is 2. The Kier molecular flexibility index (Phi) is 3.30. The van der Waals surface area contributed by atoms with Crippen LogP contribution in [0.25, 0.3) is 0 Å². The second-order valence-corrected chi connectivity index (χ2v) is 3.88. The van der Waals surface area contributed by atoms with Gasteiger partial charge in [-0.05, 0) is 12.5 Å². The zero-order valence-electron chi connectivity index (χ0n) is 9.67. The minimum Gasteiger partial charge on any atom is -0.476 e. The van der Waals surface area contributed by atoms with Gasteiger partial charge in [-0.2, -0.15) is 0 Å². The van der Waals surface area contributed by atoms with Gasteiger partial charge in [0.05, 0.1) is 6.54 Å². The van der Waals surface area contributed by atoms with Crippen molar-refractivity contribution in [1.29, 1.82) is 0 Å². The lowest BCUT2D eigenvalue weighted by molar-refractivity contribution is 0.126. The minimum absolute atomic E-state index is 0.229. The van der Waals surface area contributed by atoms with E-state index >= 15 is 0 Å². The van der Waals surface area contributed by atoms with Crippen molar-refractivity contribution in [3.05, 3.63) is 47.9 Å². The predicted octanol–water partition coefficient (Wildman–Crippen LogP) is 1.63. The summed E-state index contributed by atoms with van der Waals surface area (Å²) in [7, 11) is 0. The summed E-state index contributed by atoms with van der Waals surface area (Å²) in [6, 6.07) is 9.33. The van der Waals surface area contributed by atoms with Crippen molar-refractivity contribution in [3.8, 4) is 0 Å². The fraction of sp³-hybridized carbons (Fsp3) is 0.250. The van der Waals surface area contributed by atoms with E-state index in [0.29, 0.717) is 12.3 Å². The number of nitrogens with two attached hydrogens (primary N) is 1. The largest absolute Gasteiger partial charge is 0.476 e. The van der Waals surface area contributed by atoms with Gasteiger partial charge >= 0.3 is 6.03 Å². The molecule has 90 valence electrons. The van der Waals surface area contributed by atoms with Gasteiger partial charge in [0.15, 0.2) is 6.73 Å². The maximum absolute atomic E-state index is 11.9. The summed E-state index contributed by atoms with van der Waals surface area (Å²) < 4.78 is 5.17. The standard InChI is InChI=1S/C12H15N3O2/c1-10-7-14(9-17-10)12(16)15(13)8-11-5-3-2-4-6-11/h2-7H,8-9,13H2,1H3. The topological polar surface area (TPSA) is 58.8 Å². The molecule has 2 N–H and O–H groups in total. The summed E-state index contributed by atoms with van der Waals surface area (Å²) >= 11 is 0. The van der Waals surface area contributed by atoms with E-state index in [9.17, 15) is 4.79 Å². The zero-order valence-corrected chi connectivity index (χ0v) is 9.67. The van der Waals surface area contributed by atoms with Crippen molar-refractivity contribution in [2.24, 2.45) is 5.84 Å². The second kappa shape index (κ2) is 4.88. The summed E-state index contributed by atoms with van der Waals surface area (Å²) in [6.45, 7) is 2.40. The van der Waals surface area contributed by atoms with E-state index in [4.69, 9.17) is 10.6 Å². The van der Waals surface area contributed by atoms with E-state index in [-0.39, 0.29) is 12.8 Å². The number of rotatable bonds is 2. The molecule has 0 radical (unpaired) electrons. The Labute approximate surface area is 100 Å². The Morgan fingerprint density at radius 3 is 2.76 bits per heavy atom. The van der Waals surface area contributed by atoms with Gasteiger partial charge in [0.2, 0.25) is 0 Å². The number of allylic oxidation sites excluding steroid dienone is 1. The molecule has 2 amide bonds. The lowest BCUT2D eigenvalue weighted by Crippen LogP contribution is -2.43. The first-order chi connectivity index (χ1) is 8.16. The summed E-state index contributed by atoms with van der Waals surface area (Å²) in [6.07, 6.45) is 1.65. The van der Waals surface area contributed by atoms with Crippen LogP contribution in [0.1, 0.15) is 12.5 Å². The maximum Gasteiger partial charge on any atom is 0.341 e. The van der Waals surface area contributed by atoms with Crippen LogP contribution in [0.3, 0.4) is 0 Å². The van der Waals surface area contributed by atoms with Crippen molar-refractivity contribution >= 4 is 6.03 Å². The molecule has 0 saturated carbocycles. The molecule has 0 fully saturated rings. The molecule has 17 heavy (non-hydrogen) atoms. The maximum atomic E-state index is 11.9. The van der Waals surface area contributed by atoms with Gasteiger partial charge in [-0.25, -0.2) is 10.6 Å². The van der Waals surface area contributed by atoms with Gasteiger partial charge in [0, 0.05) is 6.20 Å². The average Bonchev–Trinajstić information content (AvgIpc) is 2.76. The molecule has 5 nitrogen and oxygen atoms in total. The Bertz CT molecular complexity index is 431. The third-order valence-electron chi connectivity index (χ3n) is 2.46. The third-order valence-corrected chi connectivity index (χ3v) is 2.46. The normalized spacial score (nSPS) is 14.2. The van der Waals surface area contributed by atoms with Crippen LogP contribution >= 0.6 is 0 Å². The Morgan fingerprint density at radius 2 is 2.18 bits per heavy atom. The first-order valence-corrected chi connectivity index (χ1v) is 5.35. The number of ether oxygens (including phenoxy) is 1. The Balaban J connectivity index is 1.96. The molecule has 0 aliphatic carbocycles. The van der Waals surface area contributed by atoms with Crippen molar-refractivity contribution in [3.63, 3.8) is 0 Å². The molecule has 5 heteroatoms. The van der Waals surface area contributed by atoms with Gasteiger partial charge in [0.1, 0.15) is 5.76 Å². The van der Waals surface area contributed by atoms with Gasteiger partial charge in [-0.15, -0.1) is 0 Å². The average molecular weight is 233 g/mol. The Morgan fingerprint density at radius 1 is 1.47 bits per heavy atom. The van der Waals surface area contributed by atoms with Crippen molar-refractivity contribution in [1.82, 2.24) is 9.91 Å². The van der Waals surface area contributed by atoms with Crippen LogP contribution in [-0.2, 0) is 11.3 Å². The monoisotopic (exact) mass is 233 g/mol. The van der Waals surface area contributed by atoms with E-state index in [1.807, 2.05) is 30.3 Å². The number of amides is 2. The smallest absolute Gasteiger partial charge is 0.341 e. The first-order valence-electron chi connectivity index (χ1n) is 5.35. The van der Waals surface area contributed by atoms with E-state index in [1.165, 1.54) is 9.91 Å². The molecule has 2 rings (SSSR count). The molecular formula is C12H15N3O2. The first kappa shape index (κ1) is 11.5. The summed E-state index contributed by atoms with van der Waals surface area (Å²) in [5.74, 6) is 6.45. The molecule has 1 aromatic carbocycles. The number of hydrazine groups is 1. The number of urea groups is 1. The van der Waals surface area contributed by atoms with Gasteiger partial charge in [-0.3, -0.25) is 9.91 Å². The highest BCUT2D eigenvalue weighted by atomic mass is 16.5. The highest BCUT2D eigenvalue weighted by Gasteiger charge is 2.21. The molecule has 1 heterocycles. The molecule has 1 aromatic rings. The van der Waals surface area contributed by atoms with Crippen LogP contribution in [0.5, 0.6) is 0 Å². The van der Waals surface area contributed by atoms with Crippen molar-refractivity contribution < 1.29 is 9.53 Å². The van der Waals surface area contributed by atoms with Crippen LogP contribution in [0, 0.1) is 0 Å². The quantitative estimate of drug-likeness (QED) is 0.480. The number of carbonyl (C=O) groups is 1. The Hall–Kier alpha value is -2.01. The highest BCUT2D eigenvalue weighted by molar-refractivity contribution is 5.75. The summed E-state index contributed by atoms with van der Waals surface area (Å²) in [5, 5.41) is 1.17. The fourth-order valence-electron chi connectivity index (χ4n) is 1.59. The molecule has 0 aromatic heterocycles. The lowest BCUT2D eigenvalue weighted by Gasteiger charge is -2.21. The van der Waals surface area contributed by atoms with Crippen molar-refractivity contribution in [2.75, 3.05) is 6.73 Å². The SMILES string of the molecule is CC1=CN(C(=O)N(N)Cc2ccccc2)CO1. The zero-order chi connectivity index (χ0) is 12.3. The summed E-state index contributed by atoms with van der Waals surface area (Å²) in [5.41, 5.74) is 0.990. The van der Waals surface area contributed by atoms with Gasteiger partial charge in [0.25, 0.3) is 0 Å². The summed E-state index contributed by atoms with van der Waals surface area (Å²) in [4.78, 5) is 13.3. The van der Waals surface area contributed by atoms with Crippen molar-refractivity contribution in [2.45, 2.75) is 13.5 Å². The predicted molar refractivity (Wildman–Crippen MR) is 63.1 cm³/mol. The third kappa shape index (κ3) is 2.76. The molecule has 0 spiro atoms. The number of carbonyl (C=O) groups excluding carboxylic acids is 1. The van der Waals surface area contributed by atoms with Crippen LogP contribution in [-0.4, -0.2) is 22.7 Å². The van der Waals surface area contributed by atoms with Gasteiger partial charge in [-0.1, -0.05) is 30.3 Å². The van der Waals surface area contributed by atoms with Crippen LogP contribution in [0.2, 0.25) is 0 Å². The van der Waals surface area contributed by atoms with E-state index in [2.05, 4.69) is 0 Å². The highest BCUT2D eigenvalue weighted by Crippen LogP contribution is 2.12. The van der Waals surface area contributed by atoms with Crippen LogP contribution in [0.4, 0.5) is 4.79 Å². The van der Waals surface area contributed by atoms with Crippen LogP contribution in [0.15, 0.2) is 42.3 Å². The molecule has 0 atom stereocenters. The molecule has 0 bridgehead atoms. The van der Waals surface area contributed by atoms with Crippen LogP contribution < -0.4 is 5.84 Å². The minimum atomic E-state index is -0.272. The van der Waals surface area contributed by atoms with E-state index in [1.54, 1.807) is 13.1 Å². The molecule has 1 aliphatic heterocycles. The fourth-order valence-corrected chi connectivity index (χ4v) is 1.59. The lowest BCUT2D eigenvalue weighted by atomic mass is 10.2. The van der Waals surface area contributed by atoms with E-state index in [0.717, 1.165) is 5.56 Å². The molecular weight excluding hydrogens is 218 g/mol.